The lowest BCUT2D eigenvalue weighted by molar-refractivity contribution is -0.386. The van der Waals surface area contributed by atoms with E-state index in [4.69, 9.17) is 4.74 Å². The van der Waals surface area contributed by atoms with E-state index in [1.165, 1.54) is 19.2 Å². The third-order valence-corrected chi connectivity index (χ3v) is 6.30. The molecule has 8 nitrogen and oxygen atoms in total. The summed E-state index contributed by atoms with van der Waals surface area (Å²) in [6.07, 6.45) is 2.29. The predicted octanol–water partition coefficient (Wildman–Crippen LogP) is 3.64. The molecule has 0 unspecified atom stereocenters. The van der Waals surface area contributed by atoms with E-state index in [-0.39, 0.29) is 10.6 Å². The Kier molecular flexibility index (Phi) is 5.73. The molecule has 1 saturated heterocycles. The Balaban J connectivity index is 1.77. The van der Waals surface area contributed by atoms with Gasteiger partial charge in [-0.1, -0.05) is 6.92 Å². The molecule has 0 bridgehead atoms. The van der Waals surface area contributed by atoms with Crippen LogP contribution in [0.4, 0.5) is 17.1 Å². The Morgan fingerprint density at radius 2 is 1.79 bits per heavy atom. The van der Waals surface area contributed by atoms with E-state index < -0.39 is 20.6 Å². The van der Waals surface area contributed by atoms with Crippen molar-refractivity contribution in [2.75, 3.05) is 29.8 Å². The number of nitro benzene ring substituents is 1. The van der Waals surface area contributed by atoms with E-state index in [0.717, 1.165) is 43.6 Å². The molecule has 0 aromatic heterocycles. The molecule has 1 N–H and O–H groups in total. The fourth-order valence-corrected chi connectivity index (χ4v) is 4.28. The molecule has 0 saturated carbocycles. The van der Waals surface area contributed by atoms with Crippen LogP contribution in [0.5, 0.6) is 5.75 Å². The van der Waals surface area contributed by atoms with Crippen molar-refractivity contribution in [1.82, 2.24) is 0 Å². The van der Waals surface area contributed by atoms with E-state index in [1.54, 1.807) is 12.1 Å². The summed E-state index contributed by atoms with van der Waals surface area (Å²) in [5.41, 5.74) is 1.04. The van der Waals surface area contributed by atoms with Gasteiger partial charge in [0.05, 0.1) is 16.9 Å². The first-order valence-electron chi connectivity index (χ1n) is 9.00. The van der Waals surface area contributed by atoms with Crippen molar-refractivity contribution in [1.29, 1.82) is 0 Å². The van der Waals surface area contributed by atoms with E-state index in [0.29, 0.717) is 5.69 Å². The molecule has 0 radical (unpaired) electrons. The number of rotatable bonds is 6. The third kappa shape index (κ3) is 4.36. The number of hydrogen-bond acceptors (Lipinski definition) is 6. The molecule has 1 aliphatic rings. The Hall–Kier alpha value is -2.81. The smallest absolute Gasteiger partial charge is 0.312 e. The second-order valence-electron chi connectivity index (χ2n) is 6.91. The maximum atomic E-state index is 12.6. The van der Waals surface area contributed by atoms with Crippen LogP contribution in [-0.2, 0) is 10.0 Å². The summed E-state index contributed by atoms with van der Waals surface area (Å²) in [7, 11) is -2.67. The summed E-state index contributed by atoms with van der Waals surface area (Å²) in [4.78, 5) is 12.5. The molecule has 2 aromatic carbocycles. The lowest BCUT2D eigenvalue weighted by Gasteiger charge is -2.32. The third-order valence-electron chi connectivity index (χ3n) is 4.93. The molecule has 3 rings (SSSR count). The van der Waals surface area contributed by atoms with Gasteiger partial charge in [-0.25, -0.2) is 8.42 Å². The summed E-state index contributed by atoms with van der Waals surface area (Å²) in [6, 6.07) is 10.7. The van der Waals surface area contributed by atoms with Crippen molar-refractivity contribution in [2.24, 2.45) is 5.92 Å². The zero-order chi connectivity index (χ0) is 20.3. The molecule has 150 valence electrons. The molecule has 0 amide bonds. The lowest BCUT2D eigenvalue weighted by atomic mass is 9.99. The quantitative estimate of drug-likeness (QED) is 0.581. The lowest BCUT2D eigenvalue weighted by Crippen LogP contribution is -2.32. The number of nitro groups is 1. The topological polar surface area (TPSA) is 102 Å². The zero-order valence-electron chi connectivity index (χ0n) is 15.8. The van der Waals surface area contributed by atoms with Crippen LogP contribution in [0.15, 0.2) is 47.4 Å². The highest BCUT2D eigenvalue weighted by Crippen LogP contribution is 2.30. The van der Waals surface area contributed by atoms with Crippen LogP contribution >= 0.6 is 0 Å². The number of methoxy groups -OCH3 is 1. The number of ether oxygens (including phenoxy) is 1. The Labute approximate surface area is 164 Å². The van der Waals surface area contributed by atoms with Gasteiger partial charge in [-0.15, -0.1) is 0 Å². The molecule has 28 heavy (non-hydrogen) atoms. The summed E-state index contributed by atoms with van der Waals surface area (Å²) in [6.45, 7) is 4.22. The first-order chi connectivity index (χ1) is 13.3. The average Bonchev–Trinajstić information content (AvgIpc) is 2.68. The molecule has 1 fully saturated rings. The van der Waals surface area contributed by atoms with E-state index in [1.807, 2.05) is 12.1 Å². The molecule has 0 aliphatic carbocycles. The fourth-order valence-electron chi connectivity index (χ4n) is 3.20. The van der Waals surface area contributed by atoms with Gasteiger partial charge >= 0.3 is 5.69 Å². The maximum Gasteiger partial charge on any atom is 0.312 e. The molecule has 2 aromatic rings. The van der Waals surface area contributed by atoms with Crippen molar-refractivity contribution < 1.29 is 18.1 Å². The Bertz CT molecular complexity index is 952. The minimum Gasteiger partial charge on any atom is -0.490 e. The summed E-state index contributed by atoms with van der Waals surface area (Å²) >= 11 is 0. The van der Waals surface area contributed by atoms with Crippen LogP contribution in [-0.4, -0.2) is 33.5 Å². The normalized spacial score (nSPS) is 15.3. The van der Waals surface area contributed by atoms with Gasteiger partial charge in [0.1, 0.15) is 0 Å². The van der Waals surface area contributed by atoms with Gasteiger partial charge in [-0.2, -0.15) is 0 Å². The van der Waals surface area contributed by atoms with Gasteiger partial charge < -0.3 is 9.64 Å². The number of nitrogens with one attached hydrogen (secondary N) is 1. The molecule has 1 aliphatic heterocycles. The number of anilines is 2. The number of sulfonamides is 1. The highest BCUT2D eigenvalue weighted by atomic mass is 32.2. The van der Waals surface area contributed by atoms with Crippen LogP contribution in [0.25, 0.3) is 0 Å². The second-order valence-corrected chi connectivity index (χ2v) is 8.60. The van der Waals surface area contributed by atoms with Crippen LogP contribution in [0.1, 0.15) is 19.8 Å². The summed E-state index contributed by atoms with van der Waals surface area (Å²) < 4.78 is 32.6. The van der Waals surface area contributed by atoms with Crippen LogP contribution in [0, 0.1) is 16.0 Å². The highest BCUT2D eigenvalue weighted by Gasteiger charge is 2.22. The van der Waals surface area contributed by atoms with Crippen LogP contribution < -0.4 is 14.4 Å². The fraction of sp³-hybridized carbons (Fsp3) is 0.368. The largest absolute Gasteiger partial charge is 0.490 e. The average molecular weight is 405 g/mol. The molecule has 9 heteroatoms. The minimum absolute atomic E-state index is 0.00385. The summed E-state index contributed by atoms with van der Waals surface area (Å²) in [5.74, 6) is 0.736. The van der Waals surface area contributed by atoms with Crippen molar-refractivity contribution in [3.8, 4) is 5.75 Å². The molecule has 0 spiro atoms. The highest BCUT2D eigenvalue weighted by molar-refractivity contribution is 7.92. The van der Waals surface area contributed by atoms with E-state index in [2.05, 4.69) is 16.5 Å². The number of piperidine rings is 1. The van der Waals surface area contributed by atoms with Gasteiger partial charge in [0.15, 0.2) is 5.75 Å². The number of nitrogens with zero attached hydrogens (tertiary/aromatic N) is 2. The van der Waals surface area contributed by atoms with Crippen LogP contribution in [0.3, 0.4) is 0 Å². The van der Waals surface area contributed by atoms with Gasteiger partial charge in [0.25, 0.3) is 10.0 Å². The number of hydrogen-bond donors (Lipinski definition) is 1. The maximum absolute atomic E-state index is 12.6. The molecule has 1 heterocycles. The van der Waals surface area contributed by atoms with Gasteiger partial charge in [-0.3, -0.25) is 14.8 Å². The Morgan fingerprint density at radius 3 is 2.36 bits per heavy atom. The Morgan fingerprint density at radius 1 is 1.14 bits per heavy atom. The van der Waals surface area contributed by atoms with E-state index >= 15 is 0 Å². The van der Waals surface area contributed by atoms with Crippen molar-refractivity contribution in [2.45, 2.75) is 24.7 Å². The molecule has 0 atom stereocenters. The van der Waals surface area contributed by atoms with Crippen molar-refractivity contribution >= 4 is 27.1 Å². The first-order valence-corrected chi connectivity index (χ1v) is 10.5. The SMILES string of the molecule is COc1ccc(S(=O)(=O)Nc2ccc(N3CCC(C)CC3)cc2)cc1[N+](=O)[O-]. The van der Waals surface area contributed by atoms with Gasteiger partial charge in [-0.05, 0) is 55.2 Å². The van der Waals surface area contributed by atoms with E-state index in [9.17, 15) is 18.5 Å². The predicted molar refractivity (Wildman–Crippen MR) is 108 cm³/mol. The van der Waals surface area contributed by atoms with Crippen molar-refractivity contribution in [3.63, 3.8) is 0 Å². The van der Waals surface area contributed by atoms with Crippen molar-refractivity contribution in [3.05, 3.63) is 52.6 Å². The molecular formula is C19H23N3O5S. The molecular weight excluding hydrogens is 382 g/mol. The minimum atomic E-state index is -3.96. The van der Waals surface area contributed by atoms with Gasteiger partial charge in [0, 0.05) is 30.5 Å². The van der Waals surface area contributed by atoms with Crippen LogP contribution in [0.2, 0.25) is 0 Å². The summed E-state index contributed by atoms with van der Waals surface area (Å²) in [5, 5.41) is 11.1. The zero-order valence-corrected chi connectivity index (χ0v) is 16.6. The second kappa shape index (κ2) is 8.05. The first kappa shape index (κ1) is 19.9. The number of benzene rings is 2. The standard InChI is InChI=1S/C19H23N3O5S/c1-14-9-11-21(12-10-14)16-5-3-15(4-6-16)20-28(25,26)17-7-8-19(27-2)18(13-17)22(23)24/h3-8,13-14,20H,9-12H2,1-2H3. The van der Waals surface area contributed by atoms with Gasteiger partial charge in [0.2, 0.25) is 0 Å². The monoisotopic (exact) mass is 405 g/mol.